The van der Waals surface area contributed by atoms with Gasteiger partial charge in [-0.2, -0.15) is 0 Å². The Balaban J connectivity index is 1.38. The number of carbonyl (C=O) groups is 1. The van der Waals surface area contributed by atoms with Crippen molar-refractivity contribution in [2.75, 3.05) is 62.8 Å². The number of morpholine rings is 1. The van der Waals surface area contributed by atoms with Gasteiger partial charge in [-0.25, -0.2) is 4.39 Å². The van der Waals surface area contributed by atoms with Crippen LogP contribution in [-0.4, -0.2) is 69.9 Å². The van der Waals surface area contributed by atoms with E-state index in [0.717, 1.165) is 64.4 Å². The summed E-state index contributed by atoms with van der Waals surface area (Å²) in [6, 6.07) is 12.6. The third-order valence-corrected chi connectivity index (χ3v) is 6.56. The van der Waals surface area contributed by atoms with Crippen LogP contribution in [0.3, 0.4) is 0 Å². The Bertz CT molecular complexity index is 931. The van der Waals surface area contributed by atoms with Crippen LogP contribution in [0.15, 0.2) is 42.5 Å². The molecule has 2 saturated heterocycles. The zero-order chi connectivity index (χ0) is 23.2. The number of nitrogens with zero attached hydrogens (tertiary/aromatic N) is 3. The summed E-state index contributed by atoms with van der Waals surface area (Å²) in [6.45, 7) is 7.86. The number of hydrogen-bond donors (Lipinski definition) is 0. The number of benzene rings is 2. The van der Waals surface area contributed by atoms with E-state index in [1.54, 1.807) is 37.4 Å². The van der Waals surface area contributed by atoms with Gasteiger partial charge >= 0.3 is 0 Å². The van der Waals surface area contributed by atoms with Crippen LogP contribution in [0.25, 0.3) is 0 Å². The second kappa shape index (κ2) is 11.0. The van der Waals surface area contributed by atoms with Crippen molar-refractivity contribution >= 4 is 17.3 Å². The van der Waals surface area contributed by atoms with E-state index in [9.17, 15) is 4.79 Å². The van der Waals surface area contributed by atoms with E-state index in [0.29, 0.717) is 29.6 Å². The molecule has 1 unspecified atom stereocenters. The fourth-order valence-corrected chi connectivity index (χ4v) is 4.50. The summed E-state index contributed by atoms with van der Waals surface area (Å²) in [5, 5.41) is 0. The van der Waals surface area contributed by atoms with Gasteiger partial charge in [0.25, 0.3) is 5.91 Å². The SMILES string of the molecule is CCCCOc1ccc(C(=O)N(C)c2ccc(N3CCC(N4CCOCC4)C3)c(F)c2)cc1. The maximum atomic E-state index is 15.1. The number of ether oxygens (including phenoxy) is 2. The highest BCUT2D eigenvalue weighted by molar-refractivity contribution is 6.05. The molecule has 0 aromatic heterocycles. The Hall–Kier alpha value is -2.64. The number of hydrogen-bond acceptors (Lipinski definition) is 5. The van der Waals surface area contributed by atoms with Crippen molar-refractivity contribution in [3.63, 3.8) is 0 Å². The first-order valence-electron chi connectivity index (χ1n) is 11.9. The normalized spacial score (nSPS) is 19.0. The summed E-state index contributed by atoms with van der Waals surface area (Å²) >= 11 is 0. The van der Waals surface area contributed by atoms with E-state index in [1.165, 1.54) is 11.0 Å². The molecule has 33 heavy (non-hydrogen) atoms. The summed E-state index contributed by atoms with van der Waals surface area (Å²) in [7, 11) is 1.67. The molecule has 0 saturated carbocycles. The lowest BCUT2D eigenvalue weighted by Crippen LogP contribution is -2.44. The smallest absolute Gasteiger partial charge is 0.258 e. The molecule has 178 valence electrons. The molecule has 2 heterocycles. The van der Waals surface area contributed by atoms with E-state index in [-0.39, 0.29) is 11.7 Å². The molecule has 2 aromatic carbocycles. The first kappa shape index (κ1) is 23.5. The van der Waals surface area contributed by atoms with Gasteiger partial charge < -0.3 is 19.3 Å². The van der Waals surface area contributed by atoms with Gasteiger partial charge in [-0.05, 0) is 55.3 Å². The Kier molecular flexibility index (Phi) is 7.83. The average molecular weight is 456 g/mol. The van der Waals surface area contributed by atoms with E-state index in [1.807, 2.05) is 6.07 Å². The molecule has 0 spiro atoms. The predicted octanol–water partition coefficient (Wildman–Crippen LogP) is 4.19. The van der Waals surface area contributed by atoms with Crippen LogP contribution in [-0.2, 0) is 4.74 Å². The van der Waals surface area contributed by atoms with E-state index < -0.39 is 0 Å². The molecule has 0 radical (unpaired) electrons. The van der Waals surface area contributed by atoms with Crippen LogP contribution in [0, 0.1) is 5.82 Å². The van der Waals surface area contributed by atoms with Crippen molar-refractivity contribution in [3.8, 4) is 5.75 Å². The lowest BCUT2D eigenvalue weighted by Gasteiger charge is -2.32. The summed E-state index contributed by atoms with van der Waals surface area (Å²) in [5.41, 5.74) is 1.68. The molecule has 6 nitrogen and oxygen atoms in total. The van der Waals surface area contributed by atoms with Gasteiger partial charge in [-0.1, -0.05) is 13.3 Å². The van der Waals surface area contributed by atoms with Gasteiger partial charge in [0.1, 0.15) is 11.6 Å². The van der Waals surface area contributed by atoms with Gasteiger partial charge in [0, 0.05) is 50.5 Å². The molecule has 7 heteroatoms. The number of carbonyl (C=O) groups excluding carboxylic acids is 1. The van der Waals surface area contributed by atoms with Crippen LogP contribution in [0.1, 0.15) is 36.5 Å². The minimum atomic E-state index is -0.297. The van der Waals surface area contributed by atoms with Crippen LogP contribution in [0.5, 0.6) is 5.75 Å². The molecule has 0 aliphatic carbocycles. The second-order valence-electron chi connectivity index (χ2n) is 8.76. The first-order chi connectivity index (χ1) is 16.1. The van der Waals surface area contributed by atoms with Crippen molar-refractivity contribution in [2.45, 2.75) is 32.2 Å². The molecule has 0 bridgehead atoms. The standard InChI is InChI=1S/C26H34FN3O3/c1-3-4-15-33-23-8-5-20(6-9-23)26(31)28(2)21-7-10-25(24(27)18-21)30-12-11-22(19-30)29-13-16-32-17-14-29/h5-10,18,22H,3-4,11-17,19H2,1-2H3. The van der Waals surface area contributed by atoms with Gasteiger partial charge in [0.05, 0.1) is 25.5 Å². The molecule has 0 N–H and O–H groups in total. The third kappa shape index (κ3) is 5.65. The largest absolute Gasteiger partial charge is 0.494 e. The van der Waals surface area contributed by atoms with Gasteiger partial charge in [-0.15, -0.1) is 0 Å². The number of anilines is 2. The third-order valence-electron chi connectivity index (χ3n) is 6.56. The summed E-state index contributed by atoms with van der Waals surface area (Å²) in [5.74, 6) is 0.268. The summed E-state index contributed by atoms with van der Waals surface area (Å²) in [6.07, 6.45) is 3.09. The van der Waals surface area contributed by atoms with Gasteiger partial charge in [0.15, 0.2) is 0 Å². The number of unbranched alkanes of at least 4 members (excludes halogenated alkanes) is 1. The maximum Gasteiger partial charge on any atom is 0.258 e. The van der Waals surface area contributed by atoms with E-state index >= 15 is 4.39 Å². The molecule has 4 rings (SSSR count). The minimum absolute atomic E-state index is 0.184. The molecule has 2 fully saturated rings. The van der Waals surface area contributed by atoms with Gasteiger partial charge in [0.2, 0.25) is 0 Å². The Labute approximate surface area is 195 Å². The molecule has 2 aliphatic rings. The Morgan fingerprint density at radius 2 is 1.91 bits per heavy atom. The van der Waals surface area contributed by atoms with Crippen molar-refractivity contribution in [1.82, 2.24) is 4.90 Å². The van der Waals surface area contributed by atoms with Crippen LogP contribution in [0.4, 0.5) is 15.8 Å². The molecular weight excluding hydrogens is 421 g/mol. The molecule has 2 aromatic rings. The fourth-order valence-electron chi connectivity index (χ4n) is 4.50. The quantitative estimate of drug-likeness (QED) is 0.559. The highest BCUT2D eigenvalue weighted by atomic mass is 19.1. The summed E-state index contributed by atoms with van der Waals surface area (Å²) in [4.78, 5) is 19.0. The van der Waals surface area contributed by atoms with Crippen LogP contribution in [0.2, 0.25) is 0 Å². The molecule has 1 amide bonds. The number of rotatable bonds is 8. The van der Waals surface area contributed by atoms with E-state index in [4.69, 9.17) is 9.47 Å². The van der Waals surface area contributed by atoms with Crippen LogP contribution < -0.4 is 14.5 Å². The lowest BCUT2D eigenvalue weighted by molar-refractivity contribution is 0.0209. The minimum Gasteiger partial charge on any atom is -0.494 e. The maximum absolute atomic E-state index is 15.1. The zero-order valence-electron chi connectivity index (χ0n) is 19.6. The second-order valence-corrected chi connectivity index (χ2v) is 8.76. The fraction of sp³-hybridized carbons (Fsp3) is 0.500. The molecule has 2 aliphatic heterocycles. The predicted molar refractivity (Wildman–Crippen MR) is 129 cm³/mol. The monoisotopic (exact) mass is 455 g/mol. The van der Waals surface area contributed by atoms with Gasteiger partial charge in [-0.3, -0.25) is 9.69 Å². The van der Waals surface area contributed by atoms with Crippen molar-refractivity contribution in [3.05, 3.63) is 53.8 Å². The van der Waals surface area contributed by atoms with E-state index in [2.05, 4.69) is 16.7 Å². The Morgan fingerprint density at radius 3 is 2.61 bits per heavy atom. The van der Waals surface area contributed by atoms with Crippen molar-refractivity contribution < 1.29 is 18.7 Å². The van der Waals surface area contributed by atoms with Crippen molar-refractivity contribution in [2.24, 2.45) is 0 Å². The zero-order valence-corrected chi connectivity index (χ0v) is 19.6. The molecule has 1 atom stereocenters. The number of amides is 1. The highest BCUT2D eigenvalue weighted by Crippen LogP contribution is 2.29. The van der Waals surface area contributed by atoms with Crippen molar-refractivity contribution in [1.29, 1.82) is 0 Å². The number of halogens is 1. The van der Waals surface area contributed by atoms with Crippen LogP contribution >= 0.6 is 0 Å². The summed E-state index contributed by atoms with van der Waals surface area (Å²) < 4.78 is 26.2. The Morgan fingerprint density at radius 1 is 1.15 bits per heavy atom. The highest BCUT2D eigenvalue weighted by Gasteiger charge is 2.30. The first-order valence-corrected chi connectivity index (χ1v) is 11.9. The molecular formula is C26H34FN3O3. The topological polar surface area (TPSA) is 45.2 Å². The lowest BCUT2D eigenvalue weighted by atomic mass is 10.1. The average Bonchev–Trinajstić information content (AvgIpc) is 3.34.